The van der Waals surface area contributed by atoms with Crippen LogP contribution >= 0.6 is 28.1 Å². The average molecular weight is 345 g/mol. The van der Waals surface area contributed by atoms with Gasteiger partial charge in [-0.15, -0.1) is 0 Å². The Morgan fingerprint density at radius 1 is 1.47 bits per heavy atom. The second kappa shape index (κ2) is 7.07. The lowest BCUT2D eigenvalue weighted by Crippen LogP contribution is -2.36. The van der Waals surface area contributed by atoms with Crippen molar-refractivity contribution in [1.82, 2.24) is 10.6 Å². The van der Waals surface area contributed by atoms with Crippen LogP contribution in [0.5, 0.6) is 5.75 Å². The van der Waals surface area contributed by atoms with Gasteiger partial charge in [-0.25, -0.2) is 0 Å². The second-order valence-electron chi connectivity index (χ2n) is 4.25. The first kappa shape index (κ1) is 14.6. The number of ether oxygens (including phenoxy) is 2. The predicted molar refractivity (Wildman–Crippen MR) is 82.7 cm³/mol. The molecule has 0 spiro atoms. The topological polar surface area (TPSA) is 42.5 Å². The van der Waals surface area contributed by atoms with Crippen molar-refractivity contribution in [2.45, 2.75) is 13.0 Å². The maximum atomic E-state index is 5.67. The van der Waals surface area contributed by atoms with Crippen molar-refractivity contribution in [3.05, 3.63) is 27.7 Å². The number of nitrogens with one attached hydrogen (secondary N) is 2. The maximum Gasteiger partial charge on any atom is 0.166 e. The van der Waals surface area contributed by atoms with Crippen LogP contribution in [0.3, 0.4) is 0 Å². The highest BCUT2D eigenvalue weighted by atomic mass is 79.9. The van der Waals surface area contributed by atoms with Gasteiger partial charge in [0.2, 0.25) is 0 Å². The van der Waals surface area contributed by atoms with E-state index in [9.17, 15) is 0 Å². The van der Waals surface area contributed by atoms with Gasteiger partial charge >= 0.3 is 0 Å². The second-order valence-corrected chi connectivity index (χ2v) is 5.58. The molecule has 0 fully saturated rings. The van der Waals surface area contributed by atoms with Crippen LogP contribution in [0.25, 0.3) is 0 Å². The molecule has 1 aromatic rings. The molecule has 0 amide bonds. The molecule has 19 heavy (non-hydrogen) atoms. The minimum Gasteiger partial charge on any atom is -0.493 e. The van der Waals surface area contributed by atoms with E-state index in [1.54, 1.807) is 7.11 Å². The zero-order chi connectivity index (χ0) is 13.7. The van der Waals surface area contributed by atoms with Gasteiger partial charge in [0.15, 0.2) is 5.11 Å². The van der Waals surface area contributed by atoms with E-state index in [0.29, 0.717) is 24.8 Å². The smallest absolute Gasteiger partial charge is 0.166 e. The summed E-state index contributed by atoms with van der Waals surface area (Å²) in [5, 5.41) is 6.89. The van der Waals surface area contributed by atoms with Crippen LogP contribution in [0.2, 0.25) is 0 Å². The number of rotatable bonds is 5. The van der Waals surface area contributed by atoms with E-state index in [1.807, 2.05) is 0 Å². The molecule has 0 bridgehead atoms. The highest BCUT2D eigenvalue weighted by molar-refractivity contribution is 9.10. The number of methoxy groups -OCH3 is 1. The summed E-state index contributed by atoms with van der Waals surface area (Å²) >= 11 is 8.72. The van der Waals surface area contributed by atoms with Crippen LogP contribution in [0.4, 0.5) is 0 Å². The summed E-state index contributed by atoms with van der Waals surface area (Å²) in [7, 11) is 1.67. The van der Waals surface area contributed by atoms with Crippen molar-refractivity contribution >= 4 is 33.3 Å². The third-order valence-electron chi connectivity index (χ3n) is 2.86. The van der Waals surface area contributed by atoms with E-state index in [0.717, 1.165) is 28.8 Å². The van der Waals surface area contributed by atoms with Gasteiger partial charge in [0.1, 0.15) is 5.75 Å². The van der Waals surface area contributed by atoms with Crippen LogP contribution in [-0.2, 0) is 17.7 Å². The number of fused-ring (bicyclic) bond motifs is 1. The fourth-order valence-electron chi connectivity index (χ4n) is 1.98. The molecule has 104 valence electrons. The van der Waals surface area contributed by atoms with Crippen LogP contribution in [0, 0.1) is 0 Å². The molecule has 0 saturated carbocycles. The van der Waals surface area contributed by atoms with Gasteiger partial charge in [-0.3, -0.25) is 0 Å². The third kappa shape index (κ3) is 4.06. The molecule has 0 atom stereocenters. The normalized spacial score (nSPS) is 12.7. The first-order chi connectivity index (χ1) is 9.20. The summed E-state index contributed by atoms with van der Waals surface area (Å²) in [5.41, 5.74) is 2.38. The van der Waals surface area contributed by atoms with Crippen molar-refractivity contribution in [2.24, 2.45) is 0 Å². The zero-order valence-electron chi connectivity index (χ0n) is 10.8. The highest BCUT2D eigenvalue weighted by Gasteiger charge is 2.17. The Labute approximate surface area is 127 Å². The van der Waals surface area contributed by atoms with Gasteiger partial charge in [0.25, 0.3) is 0 Å². The third-order valence-corrected chi connectivity index (χ3v) is 3.60. The van der Waals surface area contributed by atoms with Crippen LogP contribution in [0.1, 0.15) is 11.1 Å². The highest BCUT2D eigenvalue weighted by Crippen LogP contribution is 2.32. The fraction of sp³-hybridized carbons (Fsp3) is 0.462. The van der Waals surface area contributed by atoms with Crippen molar-refractivity contribution < 1.29 is 9.47 Å². The molecule has 2 rings (SSSR count). The number of thiocarbonyl (C=S) groups is 1. The number of hydrogen-bond donors (Lipinski definition) is 2. The number of halogens is 1. The van der Waals surface area contributed by atoms with Crippen LogP contribution in [-0.4, -0.2) is 32.0 Å². The quantitative estimate of drug-likeness (QED) is 0.631. The monoisotopic (exact) mass is 344 g/mol. The van der Waals surface area contributed by atoms with Crippen molar-refractivity contribution in [1.29, 1.82) is 0 Å². The van der Waals surface area contributed by atoms with Gasteiger partial charge in [0.05, 0.1) is 13.2 Å². The standard InChI is InChI=1S/C13H17BrN2O2S/c1-17-5-3-15-13(19)16-8-10-7-11(14)6-9-2-4-18-12(9)10/h6-7H,2-5,8H2,1H3,(H2,15,16,19). The predicted octanol–water partition coefficient (Wildman–Crippen LogP) is 1.99. The number of benzene rings is 1. The van der Waals surface area contributed by atoms with E-state index < -0.39 is 0 Å². The minimum absolute atomic E-state index is 0.628. The first-order valence-corrected chi connectivity index (χ1v) is 7.35. The Kier molecular flexibility index (Phi) is 5.42. The Balaban J connectivity index is 1.91. The molecule has 0 saturated heterocycles. The molecule has 1 heterocycles. The fourth-order valence-corrected chi connectivity index (χ4v) is 2.71. The molecule has 1 aliphatic rings. The average Bonchev–Trinajstić information content (AvgIpc) is 2.84. The Bertz CT molecular complexity index is 468. The lowest BCUT2D eigenvalue weighted by Gasteiger charge is -2.13. The molecule has 1 aliphatic heterocycles. The van der Waals surface area contributed by atoms with Crippen LogP contribution < -0.4 is 15.4 Å². The van der Waals surface area contributed by atoms with Crippen LogP contribution in [0.15, 0.2) is 16.6 Å². The lowest BCUT2D eigenvalue weighted by atomic mass is 10.1. The molecule has 4 nitrogen and oxygen atoms in total. The van der Waals surface area contributed by atoms with E-state index >= 15 is 0 Å². The summed E-state index contributed by atoms with van der Waals surface area (Å²) in [6, 6.07) is 4.18. The van der Waals surface area contributed by atoms with E-state index in [2.05, 4.69) is 38.7 Å². The summed E-state index contributed by atoms with van der Waals surface area (Å²) in [6.07, 6.45) is 0.971. The zero-order valence-corrected chi connectivity index (χ0v) is 13.2. The van der Waals surface area contributed by atoms with Crippen molar-refractivity contribution in [2.75, 3.05) is 26.9 Å². The molecular weight excluding hydrogens is 328 g/mol. The van der Waals surface area contributed by atoms with E-state index in [4.69, 9.17) is 21.7 Å². The largest absolute Gasteiger partial charge is 0.493 e. The molecule has 0 aliphatic carbocycles. The first-order valence-electron chi connectivity index (χ1n) is 6.15. The summed E-state index contributed by atoms with van der Waals surface area (Å²) in [6.45, 7) is 2.75. The maximum absolute atomic E-state index is 5.67. The van der Waals surface area contributed by atoms with Gasteiger partial charge in [0, 0.05) is 36.7 Å². The Morgan fingerprint density at radius 3 is 3.11 bits per heavy atom. The molecule has 0 aromatic heterocycles. The van der Waals surface area contributed by atoms with Crippen molar-refractivity contribution in [3.8, 4) is 5.75 Å². The van der Waals surface area contributed by atoms with Gasteiger partial charge in [-0.2, -0.15) is 0 Å². The molecule has 0 radical (unpaired) electrons. The molecule has 2 N–H and O–H groups in total. The lowest BCUT2D eigenvalue weighted by molar-refractivity contribution is 0.204. The SMILES string of the molecule is COCCNC(=S)NCc1cc(Br)cc2c1OCC2. The molecule has 1 aromatic carbocycles. The molecular formula is C13H17BrN2O2S. The van der Waals surface area contributed by atoms with Gasteiger partial charge < -0.3 is 20.1 Å². The molecule has 6 heteroatoms. The molecule has 0 unspecified atom stereocenters. The van der Waals surface area contributed by atoms with Crippen molar-refractivity contribution in [3.63, 3.8) is 0 Å². The van der Waals surface area contributed by atoms with Gasteiger partial charge in [-0.05, 0) is 29.9 Å². The summed E-state index contributed by atoms with van der Waals surface area (Å²) in [5.74, 6) is 0.996. The minimum atomic E-state index is 0.628. The van der Waals surface area contributed by atoms with E-state index in [1.165, 1.54) is 5.56 Å². The van der Waals surface area contributed by atoms with E-state index in [-0.39, 0.29) is 0 Å². The Hall–Kier alpha value is -0.850. The summed E-state index contributed by atoms with van der Waals surface area (Å²) < 4.78 is 11.7. The summed E-state index contributed by atoms with van der Waals surface area (Å²) in [4.78, 5) is 0. The number of hydrogen-bond acceptors (Lipinski definition) is 3. The Morgan fingerprint density at radius 2 is 2.32 bits per heavy atom. The van der Waals surface area contributed by atoms with Gasteiger partial charge in [-0.1, -0.05) is 15.9 Å².